The predicted molar refractivity (Wildman–Crippen MR) is 158 cm³/mol. The molecule has 3 aromatic carbocycles. The van der Waals surface area contributed by atoms with Crippen molar-refractivity contribution in [3.05, 3.63) is 108 Å². The van der Waals surface area contributed by atoms with Crippen LogP contribution in [0.3, 0.4) is 0 Å². The Balaban J connectivity index is 1.25. The van der Waals surface area contributed by atoms with Gasteiger partial charge in [-0.1, -0.05) is 19.3 Å². The highest BCUT2D eigenvalue weighted by Crippen LogP contribution is 2.62. The maximum Gasteiger partial charge on any atom is 0.216 e. The molecular formula is C32H18F4N2O4S2. The van der Waals surface area contributed by atoms with Gasteiger partial charge in [-0.3, -0.25) is 14.4 Å². The van der Waals surface area contributed by atoms with Crippen molar-refractivity contribution in [3.8, 4) is 9.75 Å². The fraction of sp³-hybridized carbons (Fsp3) is 0.219. The molecule has 2 aromatic heterocycles. The van der Waals surface area contributed by atoms with Gasteiger partial charge < -0.3 is 5.11 Å². The van der Waals surface area contributed by atoms with Gasteiger partial charge in [-0.05, 0) is 60.4 Å². The van der Waals surface area contributed by atoms with Gasteiger partial charge in [0.15, 0.2) is 28.6 Å². The van der Waals surface area contributed by atoms with E-state index in [-0.39, 0.29) is 33.0 Å². The van der Waals surface area contributed by atoms with Gasteiger partial charge in [-0.2, -0.15) is 0 Å². The highest BCUT2D eigenvalue weighted by Gasteiger charge is 2.47. The summed E-state index contributed by atoms with van der Waals surface area (Å²) in [6.45, 7) is 0. The number of Topliss-reactive ketones (excluding diaryl/α,β-unsaturated/α-hetero) is 1. The SMILES string of the molecule is O=C1/C(=N/c2cc3c(s2)-c2sc(N=c4c(=O)c5cc(F)c(F)cc5c4=O)cc2C32CCCCC2)C(O)c2cc(F)c(F)cc21. The van der Waals surface area contributed by atoms with Gasteiger partial charge in [0, 0.05) is 27.3 Å². The number of carbonyl (C=O) groups excluding carboxylic acids is 1. The summed E-state index contributed by atoms with van der Waals surface area (Å²) in [4.78, 5) is 49.5. The third-order valence-electron chi connectivity index (χ3n) is 8.94. The van der Waals surface area contributed by atoms with E-state index in [0.29, 0.717) is 10.0 Å². The van der Waals surface area contributed by atoms with E-state index < -0.39 is 51.4 Å². The Morgan fingerprint density at radius 3 is 1.82 bits per heavy atom. The van der Waals surface area contributed by atoms with Gasteiger partial charge in [0.25, 0.3) is 0 Å². The van der Waals surface area contributed by atoms with Crippen LogP contribution in [0.2, 0.25) is 0 Å². The second-order valence-electron chi connectivity index (χ2n) is 11.3. The minimum Gasteiger partial charge on any atom is -0.382 e. The number of benzene rings is 2. The standard InChI is InChI=1S/C32H18F4N2O4S2/c33-18-6-12-13(7-19(18)34)27(40)24(26(12)39)37-22-10-16-30(43-22)31-17(32(16)4-2-1-3-5-32)11-23(44-31)38-25-28(41)14-8-20(35)21(36)9-15(14)29(25)42/h6-11,26,39H,1-5H2/b37-24+. The Labute approximate surface area is 253 Å². The number of halogens is 4. The van der Waals surface area contributed by atoms with E-state index in [1.54, 1.807) is 0 Å². The first kappa shape index (κ1) is 27.4. The van der Waals surface area contributed by atoms with E-state index in [1.165, 1.54) is 22.7 Å². The summed E-state index contributed by atoms with van der Waals surface area (Å²) >= 11 is 2.58. The van der Waals surface area contributed by atoms with Gasteiger partial charge >= 0.3 is 0 Å². The lowest BCUT2D eigenvalue weighted by atomic mass is 9.68. The number of aliphatic hydroxyl groups excluding tert-OH is 1. The molecule has 0 bridgehead atoms. The summed E-state index contributed by atoms with van der Waals surface area (Å²) in [6.07, 6.45) is 3.16. The van der Waals surface area contributed by atoms with Crippen molar-refractivity contribution in [1.82, 2.24) is 0 Å². The number of hydrogen-bond donors (Lipinski definition) is 1. The summed E-state index contributed by atoms with van der Waals surface area (Å²) in [5.74, 6) is -5.47. The fourth-order valence-electron chi connectivity index (χ4n) is 6.87. The van der Waals surface area contributed by atoms with Crippen LogP contribution < -0.4 is 16.2 Å². The van der Waals surface area contributed by atoms with E-state index in [0.717, 1.165) is 77.3 Å². The van der Waals surface area contributed by atoms with Gasteiger partial charge in [-0.15, -0.1) is 22.7 Å². The molecule has 1 spiro atoms. The maximum absolute atomic E-state index is 13.8. The van der Waals surface area contributed by atoms with E-state index in [2.05, 4.69) is 9.98 Å². The lowest BCUT2D eigenvalue weighted by molar-refractivity contribution is 0.106. The highest BCUT2D eigenvalue weighted by atomic mass is 32.1. The first-order valence-electron chi connectivity index (χ1n) is 13.8. The molecule has 0 amide bonds. The molecule has 3 aliphatic carbocycles. The minimum absolute atomic E-state index is 0.0339. The number of aliphatic hydroxyl groups is 1. The fourth-order valence-corrected chi connectivity index (χ4v) is 9.31. The third kappa shape index (κ3) is 3.71. The van der Waals surface area contributed by atoms with Crippen LogP contribution in [0.1, 0.15) is 65.3 Å². The third-order valence-corrected chi connectivity index (χ3v) is 11.2. The molecule has 1 atom stereocenters. The van der Waals surface area contributed by atoms with Crippen molar-refractivity contribution in [2.45, 2.75) is 43.6 Å². The summed E-state index contributed by atoms with van der Waals surface area (Å²) < 4.78 is 55.3. The number of nitrogens with zero attached hydrogens (tertiary/aromatic N) is 2. The van der Waals surface area contributed by atoms with E-state index in [4.69, 9.17) is 0 Å². The molecule has 1 saturated carbocycles. The number of rotatable bonds is 2. The van der Waals surface area contributed by atoms with Crippen molar-refractivity contribution >= 4 is 54.9 Å². The van der Waals surface area contributed by atoms with Crippen molar-refractivity contribution < 1.29 is 27.5 Å². The average molecular weight is 635 g/mol. The summed E-state index contributed by atoms with van der Waals surface area (Å²) in [5, 5.41) is 10.8. The quantitative estimate of drug-likeness (QED) is 0.222. The Kier molecular flexibility index (Phi) is 5.88. The highest BCUT2D eigenvalue weighted by molar-refractivity contribution is 7.26. The Hall–Kier alpha value is -4.13. The maximum atomic E-state index is 13.8. The van der Waals surface area contributed by atoms with Gasteiger partial charge in [0.2, 0.25) is 16.6 Å². The average Bonchev–Trinajstić information content (AvgIpc) is 3.77. The lowest BCUT2D eigenvalue weighted by Crippen LogP contribution is -2.31. The minimum atomic E-state index is -1.50. The molecule has 0 saturated heterocycles. The second kappa shape index (κ2) is 9.43. The summed E-state index contributed by atoms with van der Waals surface area (Å²) in [6, 6.07) is 6.79. The predicted octanol–water partition coefficient (Wildman–Crippen LogP) is 6.58. The number of hydrogen-bond acceptors (Lipinski definition) is 8. The Morgan fingerprint density at radius 2 is 1.23 bits per heavy atom. The second-order valence-corrected chi connectivity index (χ2v) is 13.4. The largest absolute Gasteiger partial charge is 0.382 e. The van der Waals surface area contributed by atoms with Crippen molar-refractivity contribution in [3.63, 3.8) is 0 Å². The first-order valence-corrected chi connectivity index (χ1v) is 15.5. The van der Waals surface area contributed by atoms with Gasteiger partial charge in [0.05, 0.1) is 9.75 Å². The van der Waals surface area contributed by atoms with Gasteiger partial charge in [-0.25, -0.2) is 27.5 Å². The smallest absolute Gasteiger partial charge is 0.216 e. The Morgan fingerprint density at radius 1 is 0.705 bits per heavy atom. The van der Waals surface area contributed by atoms with E-state index >= 15 is 0 Å². The summed E-state index contributed by atoms with van der Waals surface area (Å²) in [5.41, 5.74) is -0.233. The molecule has 2 heterocycles. The molecule has 5 aromatic rings. The lowest BCUT2D eigenvalue weighted by Gasteiger charge is -2.34. The van der Waals surface area contributed by atoms with Crippen LogP contribution in [0.4, 0.5) is 27.6 Å². The topological polar surface area (TPSA) is 96.2 Å². The van der Waals surface area contributed by atoms with Gasteiger partial charge in [0.1, 0.15) is 21.8 Å². The molecule has 44 heavy (non-hydrogen) atoms. The molecule has 6 nitrogen and oxygen atoms in total. The number of carbonyl (C=O) groups is 1. The molecule has 8 rings (SSSR count). The van der Waals surface area contributed by atoms with E-state index in [9.17, 15) is 37.1 Å². The van der Waals surface area contributed by atoms with Crippen molar-refractivity contribution in [1.29, 1.82) is 0 Å². The molecular weight excluding hydrogens is 616 g/mol. The number of thiophene rings is 2. The number of aliphatic imine (C=N–C) groups is 1. The first-order chi connectivity index (χ1) is 21.1. The van der Waals surface area contributed by atoms with Crippen molar-refractivity contribution in [2.75, 3.05) is 0 Å². The van der Waals surface area contributed by atoms with Crippen LogP contribution in [0.5, 0.6) is 0 Å². The van der Waals surface area contributed by atoms with Crippen LogP contribution in [-0.4, -0.2) is 16.6 Å². The zero-order chi connectivity index (χ0) is 30.7. The zero-order valence-corrected chi connectivity index (χ0v) is 24.1. The molecule has 12 heteroatoms. The molecule has 1 fully saturated rings. The van der Waals surface area contributed by atoms with Crippen LogP contribution in [0, 0.1) is 23.3 Å². The van der Waals surface area contributed by atoms with Crippen molar-refractivity contribution in [2.24, 2.45) is 9.98 Å². The molecule has 3 aliphatic rings. The molecule has 0 radical (unpaired) electrons. The summed E-state index contributed by atoms with van der Waals surface area (Å²) in [7, 11) is 0. The normalized spacial score (nSPS) is 19.2. The monoisotopic (exact) mass is 634 g/mol. The zero-order valence-electron chi connectivity index (χ0n) is 22.5. The number of fused-ring (bicyclic) bond motifs is 7. The van der Waals surface area contributed by atoms with Crippen LogP contribution in [0.25, 0.3) is 20.5 Å². The van der Waals surface area contributed by atoms with E-state index in [1.807, 2.05) is 12.1 Å². The van der Waals surface area contributed by atoms with Crippen LogP contribution >= 0.6 is 22.7 Å². The molecule has 0 aliphatic heterocycles. The van der Waals surface area contributed by atoms with Crippen LogP contribution in [0.15, 0.2) is 56.0 Å². The molecule has 1 unspecified atom stereocenters. The van der Waals surface area contributed by atoms with Crippen LogP contribution in [-0.2, 0) is 5.41 Å². The molecule has 1 N–H and O–H groups in total. The molecule has 220 valence electrons. The Bertz CT molecular complexity index is 2250. The number of ketones is 1.